The summed E-state index contributed by atoms with van der Waals surface area (Å²) >= 11 is 0. The molecule has 0 aliphatic carbocycles. The maximum atomic E-state index is 11.9. The Labute approximate surface area is 112 Å². The Morgan fingerprint density at radius 1 is 1.21 bits per heavy atom. The zero-order valence-corrected chi connectivity index (χ0v) is 11.1. The van der Waals surface area contributed by atoms with Gasteiger partial charge in [0.1, 0.15) is 0 Å². The minimum atomic E-state index is -0.902. The van der Waals surface area contributed by atoms with E-state index in [2.05, 4.69) is 5.32 Å². The van der Waals surface area contributed by atoms with E-state index in [1.807, 2.05) is 41.2 Å². The third-order valence-corrected chi connectivity index (χ3v) is 2.71. The lowest BCUT2D eigenvalue weighted by Gasteiger charge is -2.17. The lowest BCUT2D eigenvalue weighted by Crippen LogP contribution is -2.38. The number of amides is 1. The highest BCUT2D eigenvalue weighted by Crippen LogP contribution is 2.10. The molecule has 1 aromatic heterocycles. The first-order chi connectivity index (χ1) is 8.96. The van der Waals surface area contributed by atoms with E-state index < -0.39 is 5.60 Å². The molecule has 100 valence electrons. The van der Waals surface area contributed by atoms with Crippen LogP contribution in [0.1, 0.15) is 24.2 Å². The molecule has 0 aliphatic rings. The molecule has 0 atom stereocenters. The number of hydrogen-bond acceptors (Lipinski definition) is 2. The number of hydrogen-bond donors (Lipinski definition) is 2. The van der Waals surface area contributed by atoms with E-state index >= 15 is 0 Å². The van der Waals surface area contributed by atoms with Gasteiger partial charge in [-0.2, -0.15) is 0 Å². The van der Waals surface area contributed by atoms with Crippen molar-refractivity contribution in [3.8, 4) is 5.69 Å². The van der Waals surface area contributed by atoms with Crippen LogP contribution >= 0.6 is 0 Å². The van der Waals surface area contributed by atoms with Crippen LogP contribution in [0, 0.1) is 0 Å². The summed E-state index contributed by atoms with van der Waals surface area (Å²) in [6.45, 7) is 3.54. The van der Waals surface area contributed by atoms with E-state index in [9.17, 15) is 9.90 Å². The monoisotopic (exact) mass is 258 g/mol. The van der Waals surface area contributed by atoms with Crippen molar-refractivity contribution in [1.29, 1.82) is 0 Å². The van der Waals surface area contributed by atoms with Gasteiger partial charge in [-0.1, -0.05) is 0 Å². The van der Waals surface area contributed by atoms with Gasteiger partial charge in [0, 0.05) is 30.2 Å². The summed E-state index contributed by atoms with van der Waals surface area (Å²) in [6, 6.07) is 11.2. The third kappa shape index (κ3) is 3.69. The Bertz CT molecular complexity index is 537. The Morgan fingerprint density at radius 2 is 1.79 bits per heavy atom. The lowest BCUT2D eigenvalue weighted by atomic mass is 10.1. The van der Waals surface area contributed by atoms with E-state index in [0.29, 0.717) is 5.56 Å². The third-order valence-electron chi connectivity index (χ3n) is 2.71. The Morgan fingerprint density at radius 3 is 2.32 bits per heavy atom. The van der Waals surface area contributed by atoms with Gasteiger partial charge in [-0.3, -0.25) is 4.79 Å². The largest absolute Gasteiger partial charge is 0.389 e. The van der Waals surface area contributed by atoms with Crippen LogP contribution in [0.15, 0.2) is 48.8 Å². The lowest BCUT2D eigenvalue weighted by molar-refractivity contribution is 0.0694. The molecule has 0 fully saturated rings. The first-order valence-electron chi connectivity index (χ1n) is 6.20. The molecule has 0 spiro atoms. The van der Waals surface area contributed by atoms with Crippen molar-refractivity contribution >= 4 is 5.91 Å². The van der Waals surface area contributed by atoms with Crippen molar-refractivity contribution in [2.75, 3.05) is 6.54 Å². The second-order valence-corrected chi connectivity index (χ2v) is 5.13. The summed E-state index contributed by atoms with van der Waals surface area (Å²) in [5, 5.41) is 12.3. The van der Waals surface area contributed by atoms with Gasteiger partial charge in [0.2, 0.25) is 0 Å². The van der Waals surface area contributed by atoms with E-state index in [4.69, 9.17) is 0 Å². The zero-order valence-electron chi connectivity index (χ0n) is 11.1. The molecular weight excluding hydrogens is 240 g/mol. The summed E-state index contributed by atoms with van der Waals surface area (Å²) in [5.74, 6) is -0.179. The number of benzene rings is 1. The van der Waals surface area contributed by atoms with Crippen molar-refractivity contribution in [3.63, 3.8) is 0 Å². The number of carbonyl (C=O) groups excluding carboxylic acids is 1. The first kappa shape index (κ1) is 13.4. The highest BCUT2D eigenvalue weighted by molar-refractivity contribution is 5.94. The summed E-state index contributed by atoms with van der Waals surface area (Å²) in [5.41, 5.74) is 0.685. The van der Waals surface area contributed by atoms with Crippen molar-refractivity contribution in [2.45, 2.75) is 19.4 Å². The SMILES string of the molecule is CC(C)(O)CNC(=O)c1ccc(-n2cccc2)cc1. The molecule has 0 radical (unpaired) electrons. The van der Waals surface area contributed by atoms with Crippen molar-refractivity contribution in [2.24, 2.45) is 0 Å². The maximum absolute atomic E-state index is 11.9. The highest BCUT2D eigenvalue weighted by Gasteiger charge is 2.14. The van der Waals surface area contributed by atoms with Gasteiger partial charge in [-0.05, 0) is 50.2 Å². The van der Waals surface area contributed by atoms with Crippen LogP contribution in [0.25, 0.3) is 5.69 Å². The smallest absolute Gasteiger partial charge is 0.251 e. The summed E-state index contributed by atoms with van der Waals surface area (Å²) in [6.07, 6.45) is 3.90. The molecule has 0 saturated carbocycles. The van der Waals surface area contributed by atoms with Crippen LogP contribution in [-0.4, -0.2) is 27.7 Å². The molecule has 0 saturated heterocycles. The average Bonchev–Trinajstić information content (AvgIpc) is 2.89. The number of carbonyl (C=O) groups is 1. The highest BCUT2D eigenvalue weighted by atomic mass is 16.3. The molecule has 0 bridgehead atoms. The fourth-order valence-corrected chi connectivity index (χ4v) is 1.69. The summed E-state index contributed by atoms with van der Waals surface area (Å²) < 4.78 is 1.97. The van der Waals surface area contributed by atoms with E-state index in [-0.39, 0.29) is 12.5 Å². The molecular formula is C15H18N2O2. The number of rotatable bonds is 4. The number of nitrogens with one attached hydrogen (secondary N) is 1. The second kappa shape index (κ2) is 5.28. The zero-order chi connectivity index (χ0) is 13.9. The molecule has 19 heavy (non-hydrogen) atoms. The standard InChI is InChI=1S/C15H18N2O2/c1-15(2,19)11-16-14(18)12-5-7-13(8-6-12)17-9-3-4-10-17/h3-10,19H,11H2,1-2H3,(H,16,18). The number of aliphatic hydroxyl groups is 1. The number of aromatic nitrogens is 1. The van der Waals surface area contributed by atoms with Crippen LogP contribution in [0.3, 0.4) is 0 Å². The van der Waals surface area contributed by atoms with Gasteiger partial charge >= 0.3 is 0 Å². The van der Waals surface area contributed by atoms with Gasteiger partial charge < -0.3 is 15.0 Å². The van der Waals surface area contributed by atoms with E-state index in [1.54, 1.807) is 26.0 Å². The van der Waals surface area contributed by atoms with Crippen LogP contribution in [0.5, 0.6) is 0 Å². The molecule has 2 aromatic rings. The molecule has 1 aromatic carbocycles. The minimum Gasteiger partial charge on any atom is -0.389 e. The predicted molar refractivity (Wildman–Crippen MR) is 74.4 cm³/mol. The molecule has 0 aliphatic heterocycles. The predicted octanol–water partition coefficient (Wildman–Crippen LogP) is 1.98. The Kier molecular flexibility index (Phi) is 3.71. The molecule has 4 nitrogen and oxygen atoms in total. The molecule has 0 unspecified atom stereocenters. The van der Waals surface area contributed by atoms with E-state index in [0.717, 1.165) is 5.69 Å². The first-order valence-corrected chi connectivity index (χ1v) is 6.20. The number of nitrogens with zero attached hydrogens (tertiary/aromatic N) is 1. The fraction of sp³-hybridized carbons (Fsp3) is 0.267. The van der Waals surface area contributed by atoms with Crippen molar-refractivity contribution < 1.29 is 9.90 Å². The molecule has 2 N–H and O–H groups in total. The van der Waals surface area contributed by atoms with Gasteiger partial charge in [0.25, 0.3) is 5.91 Å². The molecule has 2 rings (SSSR count). The van der Waals surface area contributed by atoms with Crippen molar-refractivity contribution in [3.05, 3.63) is 54.4 Å². The van der Waals surface area contributed by atoms with Gasteiger partial charge in [-0.25, -0.2) is 0 Å². The second-order valence-electron chi connectivity index (χ2n) is 5.13. The van der Waals surface area contributed by atoms with Crippen molar-refractivity contribution in [1.82, 2.24) is 9.88 Å². The van der Waals surface area contributed by atoms with Gasteiger partial charge in [0.15, 0.2) is 0 Å². The van der Waals surface area contributed by atoms with Gasteiger partial charge in [-0.15, -0.1) is 0 Å². The van der Waals surface area contributed by atoms with Crippen LogP contribution < -0.4 is 5.32 Å². The maximum Gasteiger partial charge on any atom is 0.251 e. The van der Waals surface area contributed by atoms with Crippen LogP contribution in [-0.2, 0) is 0 Å². The van der Waals surface area contributed by atoms with Gasteiger partial charge in [0.05, 0.1) is 5.60 Å². The Balaban J connectivity index is 2.04. The molecule has 1 amide bonds. The summed E-state index contributed by atoms with van der Waals surface area (Å²) in [4.78, 5) is 11.9. The summed E-state index contributed by atoms with van der Waals surface area (Å²) in [7, 11) is 0. The fourth-order valence-electron chi connectivity index (χ4n) is 1.69. The van der Waals surface area contributed by atoms with Crippen LogP contribution in [0.4, 0.5) is 0 Å². The minimum absolute atomic E-state index is 0.179. The molecule has 4 heteroatoms. The quantitative estimate of drug-likeness (QED) is 0.881. The average molecular weight is 258 g/mol. The van der Waals surface area contributed by atoms with E-state index in [1.165, 1.54) is 0 Å². The topological polar surface area (TPSA) is 54.3 Å². The van der Waals surface area contributed by atoms with Crippen LogP contribution in [0.2, 0.25) is 0 Å². The normalized spacial score (nSPS) is 11.3. The Hall–Kier alpha value is -2.07. The molecule has 1 heterocycles.